The predicted molar refractivity (Wildman–Crippen MR) is 201 cm³/mol. The molecule has 0 saturated carbocycles. The monoisotopic (exact) mass is 836 g/mol. The summed E-state index contributed by atoms with van der Waals surface area (Å²) in [5.41, 5.74) is 6.20. The summed E-state index contributed by atoms with van der Waals surface area (Å²) in [7, 11) is 0. The normalized spacial score (nSPS) is 12.4. The zero-order valence-electron chi connectivity index (χ0n) is 31.0. The van der Waals surface area contributed by atoms with E-state index in [1.807, 2.05) is 53.7 Å². The Kier molecular flexibility index (Phi) is 12.5. The number of pyridine rings is 1. The van der Waals surface area contributed by atoms with Crippen molar-refractivity contribution in [2.24, 2.45) is 10.8 Å². The SMILES string of the molecule is CCC(C)(CC)C(=O)/C=C(\O)C(C)(CC)CC.[C-]#[N+]c1cc2c(-c3[c-]c4ccccc4c(C(C)(C)C)c3)nc3cc(C)cc(C)c3c2o1.[Ir]. The molecular weight excluding hydrogens is 785 g/mol. The number of aryl methyl sites for hydroxylation is 2. The van der Waals surface area contributed by atoms with Gasteiger partial charge in [-0.05, 0) is 68.2 Å². The number of allylic oxidation sites excluding steroid dienone is 2. The van der Waals surface area contributed by atoms with Crippen molar-refractivity contribution >= 4 is 44.3 Å². The number of aliphatic hydroxyl groups is 1. The number of ketones is 1. The van der Waals surface area contributed by atoms with Gasteiger partial charge < -0.3 is 9.52 Å². The molecule has 0 aliphatic carbocycles. The minimum absolute atomic E-state index is 0. The van der Waals surface area contributed by atoms with E-state index in [1.54, 1.807) is 0 Å². The Bertz CT molecular complexity index is 2050. The van der Waals surface area contributed by atoms with Crippen molar-refractivity contribution in [1.82, 2.24) is 4.98 Å². The number of aromatic nitrogens is 1. The third-order valence-corrected chi connectivity index (χ3v) is 10.4. The Balaban J connectivity index is 0.000000312. The number of hydrogen-bond donors (Lipinski definition) is 1. The second-order valence-corrected chi connectivity index (χ2v) is 14.7. The van der Waals surface area contributed by atoms with E-state index in [1.165, 1.54) is 17.0 Å². The van der Waals surface area contributed by atoms with Gasteiger partial charge in [-0.3, -0.25) is 9.78 Å². The molecule has 5 aromatic rings. The van der Waals surface area contributed by atoms with Gasteiger partial charge in [0, 0.05) is 53.5 Å². The van der Waals surface area contributed by atoms with Crippen LogP contribution in [0, 0.1) is 37.3 Å². The molecule has 261 valence electrons. The number of hydrogen-bond acceptors (Lipinski definition) is 4. The summed E-state index contributed by atoms with van der Waals surface area (Å²) in [6, 6.07) is 20.2. The van der Waals surface area contributed by atoms with E-state index in [-0.39, 0.29) is 53.8 Å². The largest absolute Gasteiger partial charge is 0.512 e. The molecule has 1 radical (unpaired) electrons. The second-order valence-electron chi connectivity index (χ2n) is 14.7. The van der Waals surface area contributed by atoms with Gasteiger partial charge in [0.15, 0.2) is 5.78 Å². The van der Waals surface area contributed by atoms with Crippen LogP contribution < -0.4 is 0 Å². The molecule has 0 aliphatic heterocycles. The van der Waals surface area contributed by atoms with Crippen molar-refractivity contribution in [3.63, 3.8) is 0 Å². The molecule has 5 nitrogen and oxygen atoms in total. The van der Waals surface area contributed by atoms with Gasteiger partial charge in [0.05, 0.1) is 12.1 Å². The first-order valence-electron chi connectivity index (χ1n) is 17.2. The smallest absolute Gasteiger partial charge is 0.346 e. The van der Waals surface area contributed by atoms with E-state index >= 15 is 0 Å². The molecule has 2 aromatic heterocycles. The fourth-order valence-corrected chi connectivity index (χ4v) is 6.17. The minimum Gasteiger partial charge on any atom is -0.512 e. The molecular formula is C43H51IrN2O3-. The third-order valence-electron chi connectivity index (χ3n) is 10.4. The molecule has 0 atom stereocenters. The number of fused-ring (bicyclic) bond motifs is 4. The van der Waals surface area contributed by atoms with Gasteiger partial charge in [0.1, 0.15) is 11.3 Å². The Morgan fingerprint density at radius 1 is 0.918 bits per heavy atom. The number of carbonyl (C=O) groups excluding carboxylic acids is 1. The van der Waals surface area contributed by atoms with Crippen LogP contribution >= 0.6 is 0 Å². The van der Waals surface area contributed by atoms with Crippen LogP contribution in [0.1, 0.15) is 105 Å². The van der Waals surface area contributed by atoms with Crippen molar-refractivity contribution < 1.29 is 34.4 Å². The van der Waals surface area contributed by atoms with E-state index in [4.69, 9.17) is 16.0 Å². The first-order chi connectivity index (χ1) is 22.5. The van der Waals surface area contributed by atoms with Gasteiger partial charge in [-0.1, -0.05) is 97.5 Å². The third kappa shape index (κ3) is 8.01. The van der Waals surface area contributed by atoms with Crippen molar-refractivity contribution in [2.45, 2.75) is 107 Å². The van der Waals surface area contributed by atoms with Crippen LogP contribution in [0.25, 0.3) is 48.7 Å². The molecule has 3 aromatic carbocycles. The Morgan fingerprint density at radius 2 is 1.53 bits per heavy atom. The molecule has 0 fully saturated rings. The predicted octanol–water partition coefficient (Wildman–Crippen LogP) is 12.7. The Hall–Kier alpha value is -3.78. The van der Waals surface area contributed by atoms with Crippen LogP contribution in [0.2, 0.25) is 0 Å². The van der Waals surface area contributed by atoms with Crippen molar-refractivity contribution in [1.29, 1.82) is 0 Å². The Morgan fingerprint density at radius 3 is 2.10 bits per heavy atom. The summed E-state index contributed by atoms with van der Waals surface area (Å²) in [4.78, 5) is 20.8. The van der Waals surface area contributed by atoms with Crippen molar-refractivity contribution in [3.8, 4) is 11.3 Å². The van der Waals surface area contributed by atoms with Crippen LogP contribution in [-0.2, 0) is 30.3 Å². The molecule has 5 rings (SSSR count). The summed E-state index contributed by atoms with van der Waals surface area (Å²) in [5, 5.41) is 14.2. The Labute approximate surface area is 306 Å². The first kappa shape index (κ1) is 39.7. The molecule has 0 amide bonds. The zero-order valence-corrected chi connectivity index (χ0v) is 33.4. The van der Waals surface area contributed by atoms with E-state index < -0.39 is 0 Å². The maximum atomic E-state index is 12.2. The molecule has 1 N–H and O–H groups in total. The van der Waals surface area contributed by atoms with Gasteiger partial charge in [-0.2, -0.15) is 4.85 Å². The number of rotatable bonds is 8. The number of benzene rings is 3. The molecule has 0 aliphatic rings. The van der Waals surface area contributed by atoms with Gasteiger partial charge in [0.2, 0.25) is 0 Å². The van der Waals surface area contributed by atoms with E-state index in [2.05, 4.69) is 81.9 Å². The van der Waals surface area contributed by atoms with Crippen molar-refractivity contribution in [2.75, 3.05) is 0 Å². The fraction of sp³-hybridized carbons (Fsp3) is 0.419. The molecule has 2 heterocycles. The van der Waals surface area contributed by atoms with Gasteiger partial charge >= 0.3 is 5.88 Å². The first-order valence-corrected chi connectivity index (χ1v) is 17.2. The number of nitrogens with zero attached hydrogens (tertiary/aromatic N) is 2. The van der Waals surface area contributed by atoms with Gasteiger partial charge in [-0.15, -0.1) is 29.1 Å². The fourth-order valence-electron chi connectivity index (χ4n) is 6.17. The van der Waals surface area contributed by atoms with Crippen LogP contribution in [0.4, 0.5) is 5.88 Å². The quantitative estimate of drug-likeness (QED) is 0.0960. The maximum absolute atomic E-state index is 12.2. The van der Waals surface area contributed by atoms with E-state index in [0.717, 1.165) is 75.3 Å². The second kappa shape index (κ2) is 15.4. The summed E-state index contributed by atoms with van der Waals surface area (Å²) in [6.07, 6.45) is 4.75. The maximum Gasteiger partial charge on any atom is 0.346 e. The number of carbonyl (C=O) groups is 1. The van der Waals surface area contributed by atoms with Gasteiger partial charge in [0.25, 0.3) is 0 Å². The van der Waals surface area contributed by atoms with E-state index in [0.29, 0.717) is 0 Å². The number of aliphatic hydroxyl groups excluding tert-OH is 1. The molecule has 0 spiro atoms. The average Bonchev–Trinajstić information content (AvgIpc) is 3.50. The summed E-state index contributed by atoms with van der Waals surface area (Å²) in [6.45, 7) is 30.4. The topological polar surface area (TPSA) is 67.7 Å². The van der Waals surface area contributed by atoms with Crippen LogP contribution in [0.3, 0.4) is 0 Å². The number of furan rings is 1. The minimum atomic E-state index is -0.337. The molecule has 49 heavy (non-hydrogen) atoms. The van der Waals surface area contributed by atoms with Crippen molar-refractivity contribution in [3.05, 3.63) is 94.5 Å². The van der Waals surface area contributed by atoms with Gasteiger partial charge in [-0.25, -0.2) is 0 Å². The molecule has 0 bridgehead atoms. The standard InChI is InChI=1S/C28H23N2O.C15H28O2.Ir/c1-16-11-17(2)25-23(12-16)30-26(21-15-24(29-6)31-27(21)25)19-13-18-9-7-8-10-20(18)22(14-19)28(3,4)5;1-7-14(5,8-2)12(16)11-13(17)15(6,9-3)10-4;/h7-12,14-15H,1-5H3;11,16H,7-10H2,1-6H3;/q-1;;/b;12-11-;. The van der Waals surface area contributed by atoms with E-state index in [9.17, 15) is 9.90 Å². The zero-order chi connectivity index (χ0) is 35.6. The van der Waals surface area contributed by atoms with Crippen LogP contribution in [0.5, 0.6) is 0 Å². The summed E-state index contributed by atoms with van der Waals surface area (Å²) >= 11 is 0. The molecule has 0 unspecified atom stereocenters. The van der Waals surface area contributed by atoms with Crippen LogP contribution in [-0.4, -0.2) is 15.9 Å². The summed E-state index contributed by atoms with van der Waals surface area (Å²) in [5.74, 6) is 0.566. The molecule has 6 heteroatoms. The average molecular weight is 836 g/mol. The summed E-state index contributed by atoms with van der Waals surface area (Å²) < 4.78 is 5.99. The van der Waals surface area contributed by atoms with Crippen LogP contribution in [0.15, 0.2) is 64.8 Å². The molecule has 0 saturated heterocycles.